The van der Waals surface area contributed by atoms with Crippen molar-refractivity contribution in [2.24, 2.45) is 11.8 Å². The molecule has 24 heavy (non-hydrogen) atoms. The summed E-state index contributed by atoms with van der Waals surface area (Å²) in [6.45, 7) is 12.5. The van der Waals surface area contributed by atoms with E-state index < -0.39 is 0 Å². The van der Waals surface area contributed by atoms with Gasteiger partial charge in [-0.1, -0.05) is 32.9 Å². The number of hydrogen-bond donors (Lipinski definition) is 0. The van der Waals surface area contributed by atoms with Crippen LogP contribution in [0.4, 0.5) is 0 Å². The van der Waals surface area contributed by atoms with Gasteiger partial charge in [-0.05, 0) is 37.0 Å². The highest BCUT2D eigenvalue weighted by Gasteiger charge is 2.34. The third kappa shape index (κ3) is 4.00. The van der Waals surface area contributed by atoms with Crippen molar-refractivity contribution in [2.75, 3.05) is 26.2 Å². The Bertz CT molecular complexity index is 563. The first kappa shape index (κ1) is 17.5. The molecule has 5 heteroatoms. The molecular weight excluding hydrogens is 302 g/mol. The Hall–Kier alpha value is -1.36. The number of aromatic nitrogens is 1. The van der Waals surface area contributed by atoms with Gasteiger partial charge >= 0.3 is 0 Å². The van der Waals surface area contributed by atoms with Crippen LogP contribution in [-0.2, 0) is 0 Å². The summed E-state index contributed by atoms with van der Waals surface area (Å²) in [7, 11) is 0. The first-order valence-corrected chi connectivity index (χ1v) is 9.45. The fourth-order valence-corrected chi connectivity index (χ4v) is 3.56. The highest BCUT2D eigenvalue weighted by molar-refractivity contribution is 5.91. The lowest BCUT2D eigenvalue weighted by Crippen LogP contribution is -2.46. The van der Waals surface area contributed by atoms with Gasteiger partial charge in [0.1, 0.15) is 0 Å². The smallest absolute Gasteiger partial charge is 0.292 e. The number of carbonyl (C=O) groups excluding carboxylic acids is 1. The second kappa shape index (κ2) is 7.26. The standard InChI is InChI=1S/C19H31N3O2/c1-13(2)16-10-18(24-20-16)19(23)22-9-5-8-21(11-15-6-7-15)17(12-22)14(3)4/h10,13-15,17H,5-9,11-12H2,1-4H3/t17-/m0/s1. The molecule has 0 bridgehead atoms. The average molecular weight is 333 g/mol. The van der Waals surface area contributed by atoms with Gasteiger partial charge in [-0.15, -0.1) is 0 Å². The molecule has 5 nitrogen and oxygen atoms in total. The molecule has 3 rings (SSSR count). The van der Waals surface area contributed by atoms with Gasteiger partial charge in [-0.25, -0.2) is 0 Å². The van der Waals surface area contributed by atoms with Gasteiger partial charge in [-0.2, -0.15) is 0 Å². The third-order valence-electron chi connectivity index (χ3n) is 5.33. The molecule has 0 radical (unpaired) electrons. The molecule has 1 aromatic heterocycles. The third-order valence-corrected chi connectivity index (χ3v) is 5.33. The molecular formula is C19H31N3O2. The van der Waals surface area contributed by atoms with Gasteiger partial charge in [0.15, 0.2) is 0 Å². The van der Waals surface area contributed by atoms with Crippen LogP contribution in [0.1, 0.15) is 69.1 Å². The van der Waals surface area contributed by atoms with Crippen LogP contribution in [0.25, 0.3) is 0 Å². The van der Waals surface area contributed by atoms with Crippen molar-refractivity contribution < 1.29 is 9.32 Å². The van der Waals surface area contributed by atoms with Crippen molar-refractivity contribution >= 4 is 5.91 Å². The van der Waals surface area contributed by atoms with Crippen LogP contribution in [0, 0.1) is 11.8 Å². The zero-order chi connectivity index (χ0) is 17.3. The van der Waals surface area contributed by atoms with Crippen LogP contribution in [0.2, 0.25) is 0 Å². The maximum Gasteiger partial charge on any atom is 0.292 e. The molecule has 2 aliphatic rings. The van der Waals surface area contributed by atoms with E-state index in [1.165, 1.54) is 19.4 Å². The lowest BCUT2D eigenvalue weighted by molar-refractivity contribution is 0.0664. The molecule has 1 atom stereocenters. The summed E-state index contributed by atoms with van der Waals surface area (Å²) >= 11 is 0. The molecule has 0 aromatic carbocycles. The SMILES string of the molecule is CC(C)c1cc(C(=O)N2CCCN(CC3CC3)[C@H](C(C)C)C2)on1. The molecule has 1 amide bonds. The Morgan fingerprint density at radius 2 is 2.04 bits per heavy atom. The molecule has 0 unspecified atom stereocenters. The Morgan fingerprint density at radius 3 is 2.62 bits per heavy atom. The molecule has 1 saturated heterocycles. The van der Waals surface area contributed by atoms with Crippen molar-refractivity contribution in [2.45, 2.75) is 58.9 Å². The Labute approximate surface area is 145 Å². The molecule has 1 aliphatic carbocycles. The predicted molar refractivity (Wildman–Crippen MR) is 94.0 cm³/mol. The van der Waals surface area contributed by atoms with Crippen molar-refractivity contribution in [1.29, 1.82) is 0 Å². The minimum absolute atomic E-state index is 0.00618. The summed E-state index contributed by atoms with van der Waals surface area (Å²) in [5.41, 5.74) is 0.851. The molecule has 134 valence electrons. The van der Waals surface area contributed by atoms with E-state index >= 15 is 0 Å². The van der Waals surface area contributed by atoms with E-state index in [1.54, 1.807) is 0 Å². The van der Waals surface area contributed by atoms with Crippen molar-refractivity contribution in [3.8, 4) is 0 Å². The van der Waals surface area contributed by atoms with E-state index in [-0.39, 0.29) is 11.8 Å². The van der Waals surface area contributed by atoms with E-state index in [9.17, 15) is 4.79 Å². The largest absolute Gasteiger partial charge is 0.351 e. The summed E-state index contributed by atoms with van der Waals surface area (Å²) < 4.78 is 5.32. The summed E-state index contributed by atoms with van der Waals surface area (Å²) in [6.07, 6.45) is 3.78. The average Bonchev–Trinajstić information content (AvgIpc) is 3.25. The maximum atomic E-state index is 12.9. The number of nitrogens with zero attached hydrogens (tertiary/aromatic N) is 3. The second-order valence-electron chi connectivity index (χ2n) is 8.13. The van der Waals surface area contributed by atoms with E-state index in [4.69, 9.17) is 4.52 Å². The van der Waals surface area contributed by atoms with E-state index in [0.717, 1.165) is 37.7 Å². The van der Waals surface area contributed by atoms with Crippen LogP contribution in [-0.4, -0.2) is 53.1 Å². The van der Waals surface area contributed by atoms with E-state index in [0.29, 0.717) is 17.7 Å². The van der Waals surface area contributed by atoms with Gasteiger partial charge in [0.05, 0.1) is 5.69 Å². The second-order valence-corrected chi connectivity index (χ2v) is 8.13. The summed E-state index contributed by atoms with van der Waals surface area (Å²) in [6, 6.07) is 2.24. The van der Waals surface area contributed by atoms with E-state index in [2.05, 4.69) is 37.8 Å². The fourth-order valence-electron chi connectivity index (χ4n) is 3.56. The van der Waals surface area contributed by atoms with Crippen LogP contribution in [0.15, 0.2) is 10.6 Å². The first-order valence-electron chi connectivity index (χ1n) is 9.45. The zero-order valence-electron chi connectivity index (χ0n) is 15.5. The topological polar surface area (TPSA) is 49.6 Å². The van der Waals surface area contributed by atoms with Crippen LogP contribution >= 0.6 is 0 Å². The van der Waals surface area contributed by atoms with Crippen LogP contribution in [0.5, 0.6) is 0 Å². The number of hydrogen-bond acceptors (Lipinski definition) is 4. The molecule has 2 fully saturated rings. The van der Waals surface area contributed by atoms with Crippen molar-refractivity contribution in [3.05, 3.63) is 17.5 Å². The normalized spacial score (nSPS) is 23.1. The summed E-state index contributed by atoms with van der Waals surface area (Å²) in [5, 5.41) is 4.04. The monoisotopic (exact) mass is 333 g/mol. The highest BCUT2D eigenvalue weighted by atomic mass is 16.5. The molecule has 1 aliphatic heterocycles. The summed E-state index contributed by atoms with van der Waals surface area (Å²) in [5.74, 6) is 2.08. The van der Waals surface area contributed by atoms with Gasteiger partial charge in [-0.3, -0.25) is 9.69 Å². The lowest BCUT2D eigenvalue weighted by Gasteiger charge is -2.34. The van der Waals surface area contributed by atoms with Crippen LogP contribution in [0.3, 0.4) is 0 Å². The number of carbonyl (C=O) groups is 1. The van der Waals surface area contributed by atoms with Gasteiger partial charge in [0.25, 0.3) is 5.91 Å². The van der Waals surface area contributed by atoms with Gasteiger partial charge < -0.3 is 9.42 Å². The number of rotatable bonds is 5. The first-order chi connectivity index (χ1) is 11.5. The van der Waals surface area contributed by atoms with Crippen molar-refractivity contribution in [1.82, 2.24) is 15.0 Å². The van der Waals surface area contributed by atoms with Gasteiger partial charge in [0.2, 0.25) is 5.76 Å². The molecule has 0 spiro atoms. The lowest BCUT2D eigenvalue weighted by atomic mass is 10.0. The van der Waals surface area contributed by atoms with E-state index in [1.807, 2.05) is 11.0 Å². The minimum Gasteiger partial charge on any atom is -0.351 e. The molecule has 1 aromatic rings. The number of amides is 1. The highest BCUT2D eigenvalue weighted by Crippen LogP contribution is 2.32. The van der Waals surface area contributed by atoms with Crippen molar-refractivity contribution in [3.63, 3.8) is 0 Å². The minimum atomic E-state index is -0.00618. The molecule has 0 N–H and O–H groups in total. The molecule has 1 saturated carbocycles. The fraction of sp³-hybridized carbons (Fsp3) is 0.789. The quantitative estimate of drug-likeness (QED) is 0.829. The summed E-state index contributed by atoms with van der Waals surface area (Å²) in [4.78, 5) is 17.5. The zero-order valence-corrected chi connectivity index (χ0v) is 15.5. The Kier molecular flexibility index (Phi) is 5.28. The predicted octanol–water partition coefficient (Wildman–Crippen LogP) is 3.38. The van der Waals surface area contributed by atoms with Gasteiger partial charge in [0, 0.05) is 38.3 Å². The molecule has 2 heterocycles. The maximum absolute atomic E-state index is 12.9. The van der Waals surface area contributed by atoms with Crippen LogP contribution < -0.4 is 0 Å². The Balaban J connectivity index is 1.71. The Morgan fingerprint density at radius 1 is 1.29 bits per heavy atom.